The highest BCUT2D eigenvalue weighted by atomic mass is 31.0. The van der Waals surface area contributed by atoms with E-state index in [1.807, 2.05) is 0 Å². The molecule has 0 aliphatic heterocycles. The van der Waals surface area contributed by atoms with Gasteiger partial charge < -0.3 is 9.26 Å². The first kappa shape index (κ1) is 9.01. The second-order valence-corrected chi connectivity index (χ2v) is 2.38. The Bertz CT molecular complexity index is 286. The molecule has 0 amide bonds. The topological polar surface area (TPSA) is 35.5 Å². The average Bonchev–Trinajstić information content (AvgIpc) is 2.16. The van der Waals surface area contributed by atoms with Gasteiger partial charge in [-0.25, -0.2) is 0 Å². The van der Waals surface area contributed by atoms with E-state index in [1.54, 1.807) is 25.3 Å². The zero-order valence-corrected chi connectivity index (χ0v) is 7.77. The fourth-order valence-corrected chi connectivity index (χ4v) is 1.04. The minimum atomic E-state index is 0.534. The molecule has 0 aliphatic rings. The Kier molecular flexibility index (Phi) is 3.06. The standard InChI is InChI=1S/C8H9O3P/c1-10-7-3-2-6(5-9)4-8(7)11-12/h2-5H,12H2,1H3. The molecule has 0 bridgehead atoms. The molecule has 0 fully saturated rings. The maximum atomic E-state index is 10.4. The molecule has 0 heterocycles. The highest BCUT2D eigenvalue weighted by Gasteiger charge is 2.02. The molecule has 3 nitrogen and oxygen atoms in total. The van der Waals surface area contributed by atoms with E-state index in [2.05, 4.69) is 9.47 Å². The molecule has 0 aliphatic carbocycles. The maximum Gasteiger partial charge on any atom is 0.165 e. The number of ether oxygens (including phenoxy) is 1. The smallest absolute Gasteiger partial charge is 0.165 e. The number of rotatable bonds is 3. The minimum absolute atomic E-state index is 0.534. The number of aldehydes is 1. The highest BCUT2D eigenvalue weighted by molar-refractivity contribution is 7.10. The number of hydrogen-bond acceptors (Lipinski definition) is 3. The number of carbonyl (C=O) groups is 1. The van der Waals surface area contributed by atoms with Crippen molar-refractivity contribution in [3.05, 3.63) is 23.8 Å². The first-order valence-corrected chi connectivity index (χ1v) is 3.79. The molecule has 0 N–H and O–H groups in total. The SMILES string of the molecule is COc1ccc(C=O)cc1OP. The number of benzene rings is 1. The summed E-state index contributed by atoms with van der Waals surface area (Å²) in [7, 11) is 3.65. The lowest BCUT2D eigenvalue weighted by Gasteiger charge is -2.06. The first-order chi connectivity index (χ1) is 5.81. The molecule has 1 aromatic carbocycles. The third-order valence-electron chi connectivity index (χ3n) is 1.45. The molecule has 0 aromatic heterocycles. The summed E-state index contributed by atoms with van der Waals surface area (Å²) in [5.74, 6) is 1.14. The number of carbonyl (C=O) groups excluding carboxylic acids is 1. The van der Waals surface area contributed by atoms with Gasteiger partial charge in [-0.2, -0.15) is 0 Å². The molecule has 0 saturated heterocycles. The van der Waals surface area contributed by atoms with Crippen LogP contribution in [-0.2, 0) is 0 Å². The Balaban J connectivity index is 3.10. The molecule has 0 saturated carbocycles. The van der Waals surface area contributed by atoms with E-state index in [-0.39, 0.29) is 0 Å². The Morgan fingerprint density at radius 1 is 1.42 bits per heavy atom. The Morgan fingerprint density at radius 2 is 2.17 bits per heavy atom. The van der Waals surface area contributed by atoms with E-state index in [0.717, 1.165) is 6.29 Å². The van der Waals surface area contributed by atoms with E-state index < -0.39 is 0 Å². The van der Waals surface area contributed by atoms with Crippen molar-refractivity contribution in [2.75, 3.05) is 7.11 Å². The van der Waals surface area contributed by atoms with Crippen molar-refractivity contribution in [1.82, 2.24) is 0 Å². The zero-order valence-electron chi connectivity index (χ0n) is 6.61. The van der Waals surface area contributed by atoms with E-state index in [9.17, 15) is 4.79 Å². The van der Waals surface area contributed by atoms with Crippen LogP contribution in [0.3, 0.4) is 0 Å². The van der Waals surface area contributed by atoms with Crippen molar-refractivity contribution >= 4 is 15.8 Å². The molecule has 1 aromatic rings. The maximum absolute atomic E-state index is 10.4. The van der Waals surface area contributed by atoms with Crippen molar-refractivity contribution in [1.29, 1.82) is 0 Å². The molecule has 0 radical (unpaired) electrons. The van der Waals surface area contributed by atoms with Crippen molar-refractivity contribution in [3.8, 4) is 11.5 Å². The summed E-state index contributed by atoms with van der Waals surface area (Å²) in [6, 6.07) is 4.96. The van der Waals surface area contributed by atoms with Gasteiger partial charge in [-0.3, -0.25) is 4.79 Å². The van der Waals surface area contributed by atoms with Gasteiger partial charge in [-0.1, -0.05) is 0 Å². The molecule has 12 heavy (non-hydrogen) atoms. The lowest BCUT2D eigenvalue weighted by Crippen LogP contribution is -1.88. The van der Waals surface area contributed by atoms with Gasteiger partial charge in [0, 0.05) is 5.56 Å². The monoisotopic (exact) mass is 184 g/mol. The molecule has 64 valence electrons. The minimum Gasteiger partial charge on any atom is -0.493 e. The molecule has 1 rings (SSSR count). The van der Waals surface area contributed by atoms with Crippen LogP contribution in [0.1, 0.15) is 10.4 Å². The van der Waals surface area contributed by atoms with E-state index in [4.69, 9.17) is 9.26 Å². The predicted octanol–water partition coefficient (Wildman–Crippen LogP) is 1.68. The lowest BCUT2D eigenvalue weighted by atomic mass is 10.2. The summed E-state index contributed by atoms with van der Waals surface area (Å²) in [5.41, 5.74) is 0.563. The van der Waals surface area contributed by atoms with Crippen LogP contribution in [0, 0.1) is 0 Å². The molecular weight excluding hydrogens is 175 g/mol. The Hall–Kier alpha value is -1.08. The summed E-state index contributed by atoms with van der Waals surface area (Å²) >= 11 is 0. The van der Waals surface area contributed by atoms with Gasteiger partial charge in [0.1, 0.15) is 6.29 Å². The summed E-state index contributed by atoms with van der Waals surface area (Å²) in [6.45, 7) is 0. The molecule has 1 unspecified atom stereocenters. The quantitative estimate of drug-likeness (QED) is 0.529. The third kappa shape index (κ3) is 1.74. The van der Waals surface area contributed by atoms with Gasteiger partial charge >= 0.3 is 0 Å². The average molecular weight is 184 g/mol. The van der Waals surface area contributed by atoms with Crippen molar-refractivity contribution < 1.29 is 14.1 Å². The number of hydrogen-bond donors (Lipinski definition) is 0. The third-order valence-corrected chi connectivity index (χ3v) is 1.70. The lowest BCUT2D eigenvalue weighted by molar-refractivity contribution is 0.112. The van der Waals surface area contributed by atoms with Gasteiger partial charge in [0.2, 0.25) is 0 Å². The van der Waals surface area contributed by atoms with E-state index in [0.29, 0.717) is 17.1 Å². The van der Waals surface area contributed by atoms with Crippen molar-refractivity contribution in [2.45, 2.75) is 0 Å². The summed E-state index contributed by atoms with van der Waals surface area (Å²) in [4.78, 5) is 10.4. The fourth-order valence-electron chi connectivity index (χ4n) is 0.859. The van der Waals surface area contributed by atoms with Crippen LogP contribution in [0.25, 0.3) is 0 Å². The molecule has 4 heteroatoms. The number of methoxy groups -OCH3 is 1. The van der Waals surface area contributed by atoms with Gasteiger partial charge in [0.15, 0.2) is 11.5 Å². The molecule has 0 spiro atoms. The summed E-state index contributed by atoms with van der Waals surface area (Å²) in [6.07, 6.45) is 0.757. The zero-order chi connectivity index (χ0) is 8.97. The predicted molar refractivity (Wildman–Crippen MR) is 48.7 cm³/mol. The van der Waals surface area contributed by atoms with Crippen molar-refractivity contribution in [3.63, 3.8) is 0 Å². The van der Waals surface area contributed by atoms with E-state index in [1.165, 1.54) is 0 Å². The first-order valence-electron chi connectivity index (χ1n) is 3.31. The van der Waals surface area contributed by atoms with Crippen LogP contribution in [0.15, 0.2) is 18.2 Å². The van der Waals surface area contributed by atoms with Crippen LogP contribution in [-0.4, -0.2) is 13.4 Å². The Labute approximate surface area is 73.0 Å². The van der Waals surface area contributed by atoms with E-state index >= 15 is 0 Å². The Morgan fingerprint density at radius 3 is 2.67 bits per heavy atom. The van der Waals surface area contributed by atoms with Crippen molar-refractivity contribution in [2.24, 2.45) is 0 Å². The second-order valence-electron chi connectivity index (χ2n) is 2.15. The largest absolute Gasteiger partial charge is 0.493 e. The normalized spacial score (nSPS) is 9.17. The fraction of sp³-hybridized carbons (Fsp3) is 0.125. The van der Waals surface area contributed by atoms with Gasteiger partial charge in [-0.15, -0.1) is 0 Å². The van der Waals surface area contributed by atoms with Gasteiger partial charge in [-0.05, 0) is 18.2 Å². The molecule has 1 atom stereocenters. The van der Waals surface area contributed by atoms with Crippen LogP contribution in [0.4, 0.5) is 0 Å². The van der Waals surface area contributed by atoms with Gasteiger partial charge in [0.05, 0.1) is 16.6 Å². The summed E-state index contributed by atoms with van der Waals surface area (Å²) < 4.78 is 9.89. The van der Waals surface area contributed by atoms with Crippen LogP contribution < -0.4 is 9.26 Å². The summed E-state index contributed by atoms with van der Waals surface area (Å²) in [5, 5.41) is 0. The van der Waals surface area contributed by atoms with Crippen LogP contribution in [0.5, 0.6) is 11.5 Å². The van der Waals surface area contributed by atoms with Gasteiger partial charge in [0.25, 0.3) is 0 Å². The second kappa shape index (κ2) is 4.07. The highest BCUT2D eigenvalue weighted by Crippen LogP contribution is 2.28. The molecular formula is C8H9O3P. The van der Waals surface area contributed by atoms with Crippen LogP contribution >= 0.6 is 9.47 Å². The van der Waals surface area contributed by atoms with Crippen LogP contribution in [0.2, 0.25) is 0 Å².